The lowest BCUT2D eigenvalue weighted by molar-refractivity contribution is -0.665. The van der Waals surface area contributed by atoms with Crippen LogP contribution in [-0.4, -0.2) is 22.7 Å². The molecule has 26 heavy (non-hydrogen) atoms. The number of aromatic nitrogens is 1. The Kier molecular flexibility index (Phi) is 6.82. The molecular formula is C22H31N2S2+. The predicted molar refractivity (Wildman–Crippen MR) is 118 cm³/mol. The van der Waals surface area contributed by atoms with E-state index in [0.29, 0.717) is 11.3 Å². The van der Waals surface area contributed by atoms with Gasteiger partial charge in [-0.1, -0.05) is 56.2 Å². The Morgan fingerprint density at radius 2 is 2.00 bits per heavy atom. The molecule has 2 aromatic rings. The summed E-state index contributed by atoms with van der Waals surface area (Å²) in [6.45, 7) is 11.3. The van der Waals surface area contributed by atoms with E-state index in [1.54, 1.807) is 0 Å². The van der Waals surface area contributed by atoms with Crippen LogP contribution >= 0.6 is 23.1 Å². The monoisotopic (exact) mass is 387 g/mol. The van der Waals surface area contributed by atoms with E-state index in [9.17, 15) is 0 Å². The lowest BCUT2D eigenvalue weighted by Gasteiger charge is -2.27. The SMILES string of the molecule is CCCCC1C(C)SC(=CC=Cc2sc3ccccc3[n+]2CC)N1CC. The largest absolute Gasteiger partial charge is 0.363 e. The number of unbranched alkanes of at least 4 members (excludes halogenated alkanes) is 1. The molecule has 1 aromatic heterocycles. The van der Waals surface area contributed by atoms with Gasteiger partial charge in [-0.2, -0.15) is 4.57 Å². The summed E-state index contributed by atoms with van der Waals surface area (Å²) in [4.78, 5) is 2.61. The maximum Gasteiger partial charge on any atom is 0.262 e. The van der Waals surface area contributed by atoms with Crippen LogP contribution in [0.3, 0.4) is 0 Å². The first kappa shape index (κ1) is 19.5. The van der Waals surface area contributed by atoms with Gasteiger partial charge in [-0.3, -0.25) is 0 Å². The molecule has 0 aliphatic carbocycles. The van der Waals surface area contributed by atoms with Crippen LogP contribution < -0.4 is 4.57 Å². The quantitative estimate of drug-likeness (QED) is 0.532. The number of rotatable bonds is 7. The molecule has 4 heteroatoms. The van der Waals surface area contributed by atoms with Crippen molar-refractivity contribution in [3.8, 4) is 0 Å². The molecule has 3 rings (SSSR count). The fourth-order valence-corrected chi connectivity index (χ4v) is 6.32. The van der Waals surface area contributed by atoms with Crippen molar-refractivity contribution in [3.05, 3.63) is 46.5 Å². The van der Waals surface area contributed by atoms with Crippen molar-refractivity contribution in [1.82, 2.24) is 4.90 Å². The number of aryl methyl sites for hydroxylation is 1. The molecule has 0 bridgehead atoms. The number of thioether (sulfide) groups is 1. The summed E-state index contributed by atoms with van der Waals surface area (Å²) in [5, 5.41) is 3.44. The second-order valence-corrected chi connectivity index (χ2v) is 9.29. The minimum atomic E-state index is 0.686. The molecule has 140 valence electrons. The Morgan fingerprint density at radius 1 is 1.19 bits per heavy atom. The van der Waals surface area contributed by atoms with Gasteiger partial charge in [0.25, 0.3) is 5.01 Å². The van der Waals surface area contributed by atoms with Gasteiger partial charge in [-0.05, 0) is 32.4 Å². The van der Waals surface area contributed by atoms with Gasteiger partial charge in [0.15, 0.2) is 0 Å². The molecule has 2 heterocycles. The minimum Gasteiger partial charge on any atom is -0.363 e. The van der Waals surface area contributed by atoms with Crippen molar-refractivity contribution in [2.75, 3.05) is 6.54 Å². The maximum absolute atomic E-state index is 2.61. The first-order chi connectivity index (χ1) is 12.7. The van der Waals surface area contributed by atoms with Crippen molar-refractivity contribution in [3.63, 3.8) is 0 Å². The second-order valence-electron chi connectivity index (χ2n) is 6.83. The van der Waals surface area contributed by atoms with E-state index >= 15 is 0 Å². The van der Waals surface area contributed by atoms with Crippen molar-refractivity contribution < 1.29 is 4.57 Å². The number of nitrogens with zero attached hydrogens (tertiary/aromatic N) is 2. The topological polar surface area (TPSA) is 7.12 Å². The van der Waals surface area contributed by atoms with E-state index in [-0.39, 0.29) is 0 Å². The van der Waals surface area contributed by atoms with Gasteiger partial charge in [-0.25, -0.2) is 0 Å². The van der Waals surface area contributed by atoms with Gasteiger partial charge in [0.05, 0.1) is 5.03 Å². The van der Waals surface area contributed by atoms with E-state index < -0.39 is 0 Å². The average Bonchev–Trinajstić information content (AvgIpc) is 3.16. The van der Waals surface area contributed by atoms with E-state index in [4.69, 9.17) is 0 Å². The van der Waals surface area contributed by atoms with Crippen LogP contribution in [0.1, 0.15) is 52.0 Å². The molecule has 1 saturated heterocycles. The number of hydrogen-bond acceptors (Lipinski definition) is 3. The fourth-order valence-electron chi connectivity index (χ4n) is 3.80. The summed E-state index contributed by atoms with van der Waals surface area (Å²) in [6, 6.07) is 9.38. The summed E-state index contributed by atoms with van der Waals surface area (Å²) in [5.41, 5.74) is 1.34. The lowest BCUT2D eigenvalue weighted by atomic mass is 10.1. The second kappa shape index (κ2) is 9.09. The van der Waals surface area contributed by atoms with Crippen LogP contribution in [0.25, 0.3) is 16.3 Å². The normalized spacial score (nSPS) is 22.3. The predicted octanol–water partition coefficient (Wildman–Crippen LogP) is 6.08. The molecule has 0 N–H and O–H groups in total. The highest BCUT2D eigenvalue weighted by molar-refractivity contribution is 8.03. The zero-order chi connectivity index (χ0) is 18.5. The molecule has 0 saturated carbocycles. The Balaban J connectivity index is 1.80. The number of hydrogen-bond donors (Lipinski definition) is 0. The van der Waals surface area contributed by atoms with Crippen molar-refractivity contribution in [1.29, 1.82) is 0 Å². The molecule has 2 atom stereocenters. The molecule has 1 fully saturated rings. The molecule has 1 aliphatic rings. The molecule has 1 aromatic carbocycles. The third-order valence-electron chi connectivity index (χ3n) is 5.16. The number of thiazole rings is 1. The van der Waals surface area contributed by atoms with Crippen LogP contribution in [0.5, 0.6) is 0 Å². The van der Waals surface area contributed by atoms with Crippen LogP contribution in [0.15, 0.2) is 41.4 Å². The van der Waals surface area contributed by atoms with Crippen molar-refractivity contribution >= 4 is 39.4 Å². The number of allylic oxidation sites excluding steroid dienone is 2. The minimum absolute atomic E-state index is 0.686. The highest BCUT2D eigenvalue weighted by Gasteiger charge is 2.33. The summed E-state index contributed by atoms with van der Waals surface area (Å²) < 4.78 is 3.77. The molecular weight excluding hydrogens is 356 g/mol. The third-order valence-corrected chi connectivity index (χ3v) is 7.59. The molecule has 0 spiro atoms. The van der Waals surface area contributed by atoms with E-state index in [0.717, 1.165) is 13.1 Å². The Hall–Kier alpha value is -1.26. The smallest absolute Gasteiger partial charge is 0.262 e. The summed E-state index contributed by atoms with van der Waals surface area (Å²) in [7, 11) is 0. The average molecular weight is 388 g/mol. The molecule has 2 nitrogen and oxygen atoms in total. The molecule has 2 unspecified atom stereocenters. The highest BCUT2D eigenvalue weighted by Crippen LogP contribution is 2.40. The van der Waals surface area contributed by atoms with Gasteiger partial charge in [0.1, 0.15) is 11.2 Å². The highest BCUT2D eigenvalue weighted by atomic mass is 32.2. The number of benzene rings is 1. The zero-order valence-electron chi connectivity index (χ0n) is 16.4. The van der Waals surface area contributed by atoms with Crippen LogP contribution in [0.4, 0.5) is 0 Å². The molecule has 0 amide bonds. The lowest BCUT2D eigenvalue weighted by Crippen LogP contribution is -2.33. The summed E-state index contributed by atoms with van der Waals surface area (Å²) >= 11 is 3.92. The van der Waals surface area contributed by atoms with Crippen LogP contribution in [0, 0.1) is 0 Å². The fraction of sp³-hybridized carbons (Fsp3) is 0.500. The summed E-state index contributed by atoms with van der Waals surface area (Å²) in [5.74, 6) is 0. The Labute approximate surface area is 166 Å². The van der Waals surface area contributed by atoms with Crippen molar-refractivity contribution in [2.45, 2.75) is 64.8 Å². The van der Waals surface area contributed by atoms with Gasteiger partial charge in [0.2, 0.25) is 5.52 Å². The van der Waals surface area contributed by atoms with Crippen LogP contribution in [0.2, 0.25) is 0 Å². The van der Waals surface area contributed by atoms with Gasteiger partial charge in [-0.15, -0.1) is 11.8 Å². The first-order valence-electron chi connectivity index (χ1n) is 9.92. The van der Waals surface area contributed by atoms with Gasteiger partial charge in [0, 0.05) is 30.0 Å². The van der Waals surface area contributed by atoms with E-state index in [1.807, 2.05) is 23.1 Å². The number of para-hydroxylation sites is 1. The van der Waals surface area contributed by atoms with Gasteiger partial charge >= 0.3 is 0 Å². The third kappa shape index (κ3) is 4.01. The zero-order valence-corrected chi connectivity index (χ0v) is 18.1. The maximum atomic E-state index is 2.61. The molecule has 1 aliphatic heterocycles. The molecule has 0 radical (unpaired) electrons. The van der Waals surface area contributed by atoms with E-state index in [1.165, 1.54) is 39.5 Å². The first-order valence-corrected chi connectivity index (χ1v) is 11.6. The van der Waals surface area contributed by atoms with E-state index in [2.05, 4.69) is 79.7 Å². The summed E-state index contributed by atoms with van der Waals surface area (Å²) in [6.07, 6.45) is 10.8. The van der Waals surface area contributed by atoms with Crippen molar-refractivity contribution in [2.24, 2.45) is 0 Å². The van der Waals surface area contributed by atoms with Gasteiger partial charge < -0.3 is 4.90 Å². The number of fused-ring (bicyclic) bond motifs is 1. The Morgan fingerprint density at radius 3 is 2.73 bits per heavy atom. The Bertz CT molecular complexity index is 791. The van der Waals surface area contributed by atoms with Crippen LogP contribution in [-0.2, 0) is 6.54 Å². The standard InChI is InChI=1S/C22H31N2S2/c1-5-8-12-18-17(4)25-21(23(18)6-2)15-11-16-22-24(7-3)19-13-9-10-14-20(19)26-22/h9-11,13-18H,5-8,12H2,1-4H3/q+1.